The van der Waals surface area contributed by atoms with Gasteiger partial charge in [-0.3, -0.25) is 14.7 Å². The van der Waals surface area contributed by atoms with E-state index < -0.39 is 0 Å². The van der Waals surface area contributed by atoms with Gasteiger partial charge in [-0.25, -0.2) is 0 Å². The lowest BCUT2D eigenvalue weighted by molar-refractivity contribution is -0.0871. The summed E-state index contributed by atoms with van der Waals surface area (Å²) in [6.07, 6.45) is 18.9. The van der Waals surface area contributed by atoms with E-state index in [4.69, 9.17) is 9.47 Å². The fourth-order valence-electron chi connectivity index (χ4n) is 12.7. The molecule has 3 saturated carbocycles. The molecular weight excluding hydrogens is 667 g/mol. The quantitative estimate of drug-likeness (QED) is 0.278. The molecule has 12 rings (SSSR count). The van der Waals surface area contributed by atoms with Crippen LogP contribution in [0.3, 0.4) is 0 Å². The maximum atomic E-state index is 5.68. The fourth-order valence-corrected chi connectivity index (χ4v) is 12.7. The predicted octanol–water partition coefficient (Wildman–Crippen LogP) is 8.79. The highest BCUT2D eigenvalue weighted by molar-refractivity contribution is 5.01. The van der Waals surface area contributed by atoms with Crippen LogP contribution in [-0.4, -0.2) is 143 Å². The summed E-state index contributed by atoms with van der Waals surface area (Å²) < 4.78 is 11.3. The van der Waals surface area contributed by atoms with Crippen LogP contribution < -0.4 is 0 Å². The van der Waals surface area contributed by atoms with Crippen molar-refractivity contribution < 1.29 is 9.47 Å². The van der Waals surface area contributed by atoms with Gasteiger partial charge >= 0.3 is 0 Å². The molecule has 7 nitrogen and oxygen atoms in total. The summed E-state index contributed by atoms with van der Waals surface area (Å²) in [7, 11) is 0. The molecule has 12 fully saturated rings. The number of ether oxygens (including phenoxy) is 2. The second kappa shape index (κ2) is 19.2. The highest BCUT2D eigenvalue weighted by Gasteiger charge is 2.48. The van der Waals surface area contributed by atoms with Crippen LogP contribution in [0.2, 0.25) is 0 Å². The van der Waals surface area contributed by atoms with Gasteiger partial charge < -0.3 is 19.3 Å². The third-order valence-corrected chi connectivity index (χ3v) is 15.5. The minimum atomic E-state index is 0.189. The first kappa shape index (κ1) is 43.3. The zero-order valence-corrected chi connectivity index (χ0v) is 37.5. The van der Waals surface area contributed by atoms with Gasteiger partial charge in [-0.15, -0.1) is 0 Å². The molecule has 9 aliphatic heterocycles. The average Bonchev–Trinajstić information content (AvgIpc) is 3.79. The zero-order chi connectivity index (χ0) is 38.7. The van der Waals surface area contributed by atoms with Crippen molar-refractivity contribution in [2.45, 2.75) is 226 Å². The molecule has 314 valence electrons. The Morgan fingerprint density at radius 3 is 1.24 bits per heavy atom. The Hall–Kier alpha value is -0.280. The Labute approximate surface area is 335 Å². The molecule has 0 spiro atoms. The number of piperidine rings is 5. The third-order valence-electron chi connectivity index (χ3n) is 15.5. The molecule has 54 heavy (non-hydrogen) atoms. The minimum Gasteiger partial charge on any atom is -0.378 e. The van der Waals surface area contributed by atoms with Crippen LogP contribution in [0.25, 0.3) is 0 Å². The van der Waals surface area contributed by atoms with Crippen LogP contribution >= 0.6 is 0 Å². The van der Waals surface area contributed by atoms with Gasteiger partial charge in [0.05, 0.1) is 25.4 Å². The van der Waals surface area contributed by atoms with Crippen LogP contribution in [0.5, 0.6) is 0 Å². The number of hydrogen-bond acceptors (Lipinski definition) is 7. The number of morpholine rings is 2. The first-order chi connectivity index (χ1) is 25.7. The average molecular weight is 756 g/mol. The number of hydrogen-bond donors (Lipinski definition) is 0. The second-order valence-corrected chi connectivity index (χ2v) is 21.6. The summed E-state index contributed by atoms with van der Waals surface area (Å²) in [4.78, 5) is 13.2. The SMILES string of the molecule is CC(C)N1C2CCCC1C2.CC(C)N1C2CCCC1COC2.CC(C)N1CC2CC(C2)C1.CC(C)N1CC2CCC(C2)C1.CC(C)N1C[C@@]2(C)C[C@@H]1CO2. The Kier molecular flexibility index (Phi) is 15.4. The van der Waals surface area contributed by atoms with Crippen LogP contribution in [-0.2, 0) is 9.47 Å². The summed E-state index contributed by atoms with van der Waals surface area (Å²) in [6.45, 7) is 34.8. The van der Waals surface area contributed by atoms with Crippen molar-refractivity contribution in [3.63, 3.8) is 0 Å². The van der Waals surface area contributed by atoms with Gasteiger partial charge in [0.2, 0.25) is 0 Å². The van der Waals surface area contributed by atoms with E-state index in [0.29, 0.717) is 18.1 Å². The molecule has 0 aromatic carbocycles. The topological polar surface area (TPSA) is 34.7 Å². The Balaban J connectivity index is 0.000000115. The summed E-state index contributed by atoms with van der Waals surface area (Å²) in [5.41, 5.74) is 0.189. The van der Waals surface area contributed by atoms with Gasteiger partial charge in [0, 0.05) is 93.1 Å². The maximum absolute atomic E-state index is 5.68. The monoisotopic (exact) mass is 756 g/mol. The minimum absolute atomic E-state index is 0.189. The Morgan fingerprint density at radius 2 is 0.907 bits per heavy atom. The van der Waals surface area contributed by atoms with Crippen molar-refractivity contribution in [3.8, 4) is 0 Å². The number of likely N-dealkylation sites (tertiary alicyclic amines) is 2. The molecular formula is C47H89N5O2. The Morgan fingerprint density at radius 1 is 0.463 bits per heavy atom. The molecule has 7 heteroatoms. The Bertz CT molecular complexity index is 1070. The van der Waals surface area contributed by atoms with Gasteiger partial charge in [-0.05, 0) is 170 Å². The van der Waals surface area contributed by atoms with E-state index in [0.717, 1.165) is 92.3 Å². The molecule has 12 aliphatic rings. The standard InChI is InChI=1S/C10H19NO.C10H19N.C9H17NO.2C9H17N/c1-8(2)11-9-4-3-5-10(11)7-12-6-9;1-8(2)11-6-9-3-4-10(5-9)7-11;1-7(2)10-6-9(3)4-8(10)5-11-9;1-7(2)10-5-8-3-9(4-8)6-10;1-7(2)10-8-4-3-5-9(10)6-8/h8-10H,3-7H2,1-2H3;8-10H,3-7H2,1-2H3;7-8H,4-6H2,1-3H3;2*7-9H,3-6H2,1-2H3/t;;8-,9-;;/m..1../s1. The van der Waals surface area contributed by atoms with E-state index >= 15 is 0 Å². The smallest absolute Gasteiger partial charge is 0.0797 e. The van der Waals surface area contributed by atoms with Gasteiger partial charge in [-0.2, -0.15) is 0 Å². The van der Waals surface area contributed by atoms with Gasteiger partial charge in [0.15, 0.2) is 0 Å². The first-order valence-corrected chi connectivity index (χ1v) is 23.7. The lowest BCUT2D eigenvalue weighted by Gasteiger charge is -2.55. The van der Waals surface area contributed by atoms with Crippen LogP contribution in [0, 0.1) is 23.7 Å². The molecule has 8 atom stereocenters. The fraction of sp³-hybridized carbons (Fsp3) is 1.00. The van der Waals surface area contributed by atoms with Crippen LogP contribution in [0.15, 0.2) is 0 Å². The van der Waals surface area contributed by atoms with Crippen molar-refractivity contribution in [2.75, 3.05) is 52.5 Å². The van der Waals surface area contributed by atoms with Crippen molar-refractivity contribution in [1.82, 2.24) is 24.5 Å². The summed E-state index contributed by atoms with van der Waals surface area (Å²) >= 11 is 0. The number of fused-ring (bicyclic) bond motifs is 10. The number of nitrogens with zero attached hydrogens (tertiary/aromatic N) is 5. The van der Waals surface area contributed by atoms with E-state index in [9.17, 15) is 0 Å². The number of rotatable bonds is 5. The van der Waals surface area contributed by atoms with E-state index in [1.807, 2.05) is 0 Å². The van der Waals surface area contributed by atoms with E-state index in [1.165, 1.54) is 110 Å². The lowest BCUT2D eigenvalue weighted by atomic mass is 9.71. The lowest BCUT2D eigenvalue weighted by Crippen LogP contribution is -2.61. The molecule has 0 aromatic rings. The first-order valence-electron chi connectivity index (χ1n) is 23.7. The highest BCUT2D eigenvalue weighted by Crippen LogP contribution is 2.41. The molecule has 3 aliphatic carbocycles. The van der Waals surface area contributed by atoms with Crippen molar-refractivity contribution in [3.05, 3.63) is 0 Å². The molecule has 6 unspecified atom stereocenters. The highest BCUT2D eigenvalue weighted by atomic mass is 16.5. The van der Waals surface area contributed by atoms with Gasteiger partial charge in [0.1, 0.15) is 0 Å². The molecule has 10 bridgehead atoms. The van der Waals surface area contributed by atoms with Crippen molar-refractivity contribution in [2.24, 2.45) is 23.7 Å². The van der Waals surface area contributed by atoms with Crippen LogP contribution in [0.1, 0.15) is 160 Å². The maximum Gasteiger partial charge on any atom is 0.0797 e. The third kappa shape index (κ3) is 10.9. The summed E-state index contributed by atoms with van der Waals surface area (Å²) in [5.74, 6) is 4.24. The van der Waals surface area contributed by atoms with E-state index in [1.54, 1.807) is 0 Å². The van der Waals surface area contributed by atoms with E-state index in [-0.39, 0.29) is 5.60 Å². The summed E-state index contributed by atoms with van der Waals surface area (Å²) in [6, 6.07) is 7.83. The van der Waals surface area contributed by atoms with Gasteiger partial charge in [-0.1, -0.05) is 12.8 Å². The predicted molar refractivity (Wildman–Crippen MR) is 227 cm³/mol. The molecule has 0 radical (unpaired) electrons. The zero-order valence-electron chi connectivity index (χ0n) is 37.5. The largest absolute Gasteiger partial charge is 0.378 e. The van der Waals surface area contributed by atoms with Crippen molar-refractivity contribution in [1.29, 1.82) is 0 Å². The molecule has 9 saturated heterocycles. The molecule has 9 heterocycles. The normalized spacial score (nSPS) is 39.9. The van der Waals surface area contributed by atoms with Gasteiger partial charge in [0.25, 0.3) is 0 Å². The second-order valence-electron chi connectivity index (χ2n) is 21.6. The van der Waals surface area contributed by atoms with E-state index in [2.05, 4.69) is 101 Å². The van der Waals surface area contributed by atoms with Crippen molar-refractivity contribution >= 4 is 0 Å². The summed E-state index contributed by atoms with van der Waals surface area (Å²) in [5, 5.41) is 0. The molecule has 0 aromatic heterocycles. The molecule has 0 amide bonds. The molecule has 0 N–H and O–H groups in total. The van der Waals surface area contributed by atoms with Crippen LogP contribution in [0.4, 0.5) is 0 Å².